The molecule has 1 heterocycles. The molecule has 1 aliphatic rings. The van der Waals surface area contributed by atoms with Gasteiger partial charge in [0.25, 0.3) is 11.8 Å². The van der Waals surface area contributed by atoms with Crippen molar-refractivity contribution >= 4 is 40.4 Å². The summed E-state index contributed by atoms with van der Waals surface area (Å²) in [6.45, 7) is 4.24. The van der Waals surface area contributed by atoms with E-state index in [1.807, 2.05) is 19.9 Å². The minimum atomic E-state index is -0.493. The van der Waals surface area contributed by atoms with Crippen LogP contribution in [0, 0.1) is 18.3 Å². The molecule has 6 nitrogen and oxygen atoms in total. The molecule has 0 aromatic heterocycles. The van der Waals surface area contributed by atoms with E-state index in [9.17, 15) is 9.59 Å². The summed E-state index contributed by atoms with van der Waals surface area (Å²) in [5, 5.41) is 12.8. The molecule has 3 aromatic carbocycles. The van der Waals surface area contributed by atoms with Crippen molar-refractivity contribution in [3.63, 3.8) is 0 Å². The molecule has 0 atom stereocenters. The Labute approximate surface area is 196 Å². The maximum atomic E-state index is 13.5. The number of imide groups is 1. The topological polar surface area (TPSA) is 82.4 Å². The summed E-state index contributed by atoms with van der Waals surface area (Å²) in [4.78, 5) is 28.1. The molecular formula is C26H20ClN3O3. The Bertz CT molecular complexity index is 1310. The van der Waals surface area contributed by atoms with Crippen LogP contribution >= 0.6 is 11.6 Å². The van der Waals surface area contributed by atoms with Crippen molar-refractivity contribution in [1.29, 1.82) is 5.26 Å². The molecule has 7 heteroatoms. The van der Waals surface area contributed by atoms with E-state index < -0.39 is 11.8 Å². The van der Waals surface area contributed by atoms with E-state index in [1.165, 1.54) is 0 Å². The quantitative estimate of drug-likeness (QED) is 0.507. The van der Waals surface area contributed by atoms with E-state index in [1.54, 1.807) is 66.7 Å². The molecule has 2 amide bonds. The number of anilines is 2. The van der Waals surface area contributed by atoms with Gasteiger partial charge in [0, 0.05) is 10.7 Å². The second kappa shape index (κ2) is 9.19. The summed E-state index contributed by atoms with van der Waals surface area (Å²) >= 11 is 6.26. The monoisotopic (exact) mass is 457 g/mol. The summed E-state index contributed by atoms with van der Waals surface area (Å²) in [7, 11) is 0. The number of nitriles is 1. The highest BCUT2D eigenvalue weighted by molar-refractivity contribution is 6.46. The predicted octanol–water partition coefficient (Wildman–Crippen LogP) is 5.32. The lowest BCUT2D eigenvalue weighted by atomic mass is 10.0. The van der Waals surface area contributed by atoms with Gasteiger partial charge in [-0.25, -0.2) is 4.90 Å². The Hall–Kier alpha value is -4.08. The van der Waals surface area contributed by atoms with Crippen molar-refractivity contribution in [1.82, 2.24) is 0 Å². The van der Waals surface area contributed by atoms with Crippen LogP contribution in [0.3, 0.4) is 0 Å². The molecular weight excluding hydrogens is 438 g/mol. The van der Waals surface area contributed by atoms with Crippen molar-refractivity contribution < 1.29 is 14.3 Å². The summed E-state index contributed by atoms with van der Waals surface area (Å²) in [5.41, 5.74) is 3.18. The van der Waals surface area contributed by atoms with Crippen molar-refractivity contribution in [3.05, 3.63) is 94.1 Å². The lowest BCUT2D eigenvalue weighted by Crippen LogP contribution is -2.32. The number of carbonyl (C=O) groups excluding carboxylic acids is 2. The Morgan fingerprint density at radius 3 is 2.33 bits per heavy atom. The molecule has 0 aliphatic carbocycles. The number of hydrogen-bond donors (Lipinski definition) is 1. The third-order valence-corrected chi connectivity index (χ3v) is 5.73. The molecule has 33 heavy (non-hydrogen) atoms. The van der Waals surface area contributed by atoms with Crippen LogP contribution in [-0.4, -0.2) is 18.4 Å². The minimum Gasteiger partial charge on any atom is -0.494 e. The van der Waals surface area contributed by atoms with Gasteiger partial charge >= 0.3 is 0 Å². The number of hydrogen-bond acceptors (Lipinski definition) is 5. The van der Waals surface area contributed by atoms with Gasteiger partial charge in [-0.2, -0.15) is 5.26 Å². The highest BCUT2D eigenvalue weighted by atomic mass is 35.5. The molecule has 0 bridgehead atoms. The molecule has 0 fully saturated rings. The van der Waals surface area contributed by atoms with E-state index in [-0.39, 0.29) is 11.3 Å². The van der Waals surface area contributed by atoms with E-state index in [0.717, 1.165) is 10.5 Å². The summed E-state index contributed by atoms with van der Waals surface area (Å²) in [6, 6.07) is 20.7. The first-order chi connectivity index (χ1) is 15.9. The minimum absolute atomic E-state index is 0.152. The molecule has 0 saturated carbocycles. The smallest absolute Gasteiger partial charge is 0.282 e. The lowest BCUT2D eigenvalue weighted by Gasteiger charge is -2.16. The van der Waals surface area contributed by atoms with Gasteiger partial charge in [0.05, 0.1) is 29.5 Å². The van der Waals surface area contributed by atoms with Gasteiger partial charge in [0.15, 0.2) is 0 Å². The molecule has 3 aromatic rings. The van der Waals surface area contributed by atoms with Gasteiger partial charge in [0.2, 0.25) is 0 Å². The van der Waals surface area contributed by atoms with Gasteiger partial charge in [0.1, 0.15) is 11.4 Å². The van der Waals surface area contributed by atoms with Crippen LogP contribution in [0.5, 0.6) is 5.75 Å². The van der Waals surface area contributed by atoms with E-state index in [2.05, 4.69) is 5.32 Å². The van der Waals surface area contributed by atoms with Crippen molar-refractivity contribution in [2.24, 2.45) is 0 Å². The number of nitrogens with zero attached hydrogens (tertiary/aromatic N) is 2. The van der Waals surface area contributed by atoms with Gasteiger partial charge in [-0.3, -0.25) is 9.59 Å². The summed E-state index contributed by atoms with van der Waals surface area (Å²) in [5.74, 6) is -0.285. The standard InChI is InChI=1S/C26H20ClN3O3/c1-3-33-20-13-9-18(10-14-20)23-24(29-22-6-4-5-21(27)16(22)2)26(32)30(25(23)31)19-11-7-17(15-28)8-12-19/h4-14,29H,3H2,1-2H3. The van der Waals surface area contributed by atoms with Gasteiger partial charge < -0.3 is 10.1 Å². The normalized spacial score (nSPS) is 13.3. The Morgan fingerprint density at radius 2 is 1.70 bits per heavy atom. The molecule has 0 saturated heterocycles. The van der Waals surface area contributed by atoms with E-state index >= 15 is 0 Å². The number of benzene rings is 3. The number of carbonyl (C=O) groups is 2. The molecule has 0 unspecified atom stereocenters. The second-order valence-corrected chi connectivity index (χ2v) is 7.76. The zero-order chi connectivity index (χ0) is 23.5. The maximum Gasteiger partial charge on any atom is 0.282 e. The molecule has 4 rings (SSSR count). The van der Waals surface area contributed by atoms with Crippen LogP contribution in [0.25, 0.3) is 5.57 Å². The number of nitrogens with one attached hydrogen (secondary N) is 1. The first-order valence-corrected chi connectivity index (χ1v) is 10.7. The largest absolute Gasteiger partial charge is 0.494 e. The molecule has 1 aliphatic heterocycles. The van der Waals surface area contributed by atoms with Crippen LogP contribution in [0.1, 0.15) is 23.6 Å². The second-order valence-electron chi connectivity index (χ2n) is 7.35. The number of rotatable bonds is 6. The average Bonchev–Trinajstić information content (AvgIpc) is 3.07. The van der Waals surface area contributed by atoms with Crippen LogP contribution in [-0.2, 0) is 9.59 Å². The number of halogens is 1. The Kier molecular flexibility index (Phi) is 6.16. The van der Waals surface area contributed by atoms with Crippen LogP contribution in [0.4, 0.5) is 11.4 Å². The Balaban J connectivity index is 1.81. The number of ether oxygens (including phenoxy) is 1. The fourth-order valence-electron chi connectivity index (χ4n) is 3.60. The molecule has 1 N–H and O–H groups in total. The van der Waals surface area contributed by atoms with E-state index in [4.69, 9.17) is 21.6 Å². The highest BCUT2D eigenvalue weighted by Crippen LogP contribution is 2.35. The predicted molar refractivity (Wildman–Crippen MR) is 128 cm³/mol. The van der Waals surface area contributed by atoms with Crippen LogP contribution < -0.4 is 15.0 Å². The first kappa shape index (κ1) is 22.1. The van der Waals surface area contributed by atoms with Crippen molar-refractivity contribution in [3.8, 4) is 11.8 Å². The zero-order valence-electron chi connectivity index (χ0n) is 18.1. The molecule has 164 valence electrons. The zero-order valence-corrected chi connectivity index (χ0v) is 18.8. The van der Waals surface area contributed by atoms with Gasteiger partial charge in [-0.15, -0.1) is 0 Å². The summed E-state index contributed by atoms with van der Waals surface area (Å²) < 4.78 is 5.50. The SMILES string of the molecule is CCOc1ccc(C2=C(Nc3cccc(Cl)c3C)C(=O)N(c3ccc(C#N)cc3)C2=O)cc1. The first-order valence-electron chi connectivity index (χ1n) is 10.3. The highest BCUT2D eigenvalue weighted by Gasteiger charge is 2.40. The third-order valence-electron chi connectivity index (χ3n) is 5.32. The summed E-state index contributed by atoms with van der Waals surface area (Å²) in [6.07, 6.45) is 0. The fourth-order valence-corrected chi connectivity index (χ4v) is 3.77. The lowest BCUT2D eigenvalue weighted by molar-refractivity contribution is -0.120. The third kappa shape index (κ3) is 4.19. The van der Waals surface area contributed by atoms with Gasteiger partial charge in [-0.1, -0.05) is 29.8 Å². The fraction of sp³-hybridized carbons (Fsp3) is 0.115. The molecule has 0 spiro atoms. The van der Waals surface area contributed by atoms with E-state index in [0.29, 0.717) is 39.9 Å². The molecule has 0 radical (unpaired) electrons. The van der Waals surface area contributed by atoms with Crippen molar-refractivity contribution in [2.75, 3.05) is 16.8 Å². The van der Waals surface area contributed by atoms with Crippen LogP contribution in [0.2, 0.25) is 5.02 Å². The average molecular weight is 458 g/mol. The van der Waals surface area contributed by atoms with Crippen molar-refractivity contribution in [2.45, 2.75) is 13.8 Å². The number of amides is 2. The Morgan fingerprint density at radius 1 is 1.00 bits per heavy atom. The maximum absolute atomic E-state index is 13.5. The van der Waals surface area contributed by atoms with Gasteiger partial charge in [-0.05, 0) is 73.5 Å². The van der Waals surface area contributed by atoms with Crippen LogP contribution in [0.15, 0.2) is 72.4 Å².